The van der Waals surface area contributed by atoms with Crippen molar-refractivity contribution >= 4 is 12.2 Å². The molecule has 4 nitrogen and oxygen atoms in total. The molecule has 0 atom stereocenters. The lowest BCUT2D eigenvalue weighted by molar-refractivity contribution is 0.190. The number of aliphatic hydroxyl groups excluding tert-OH is 1. The van der Waals surface area contributed by atoms with Gasteiger partial charge in [0.05, 0.1) is 0 Å². The van der Waals surface area contributed by atoms with Crippen LogP contribution in [-0.2, 0) is 6.73 Å². The van der Waals surface area contributed by atoms with E-state index in [9.17, 15) is 0 Å². The quantitative estimate of drug-likeness (QED) is 0.791. The van der Waals surface area contributed by atoms with Crippen molar-refractivity contribution in [2.75, 3.05) is 0 Å². The minimum atomic E-state index is -0.270. The van der Waals surface area contributed by atoms with E-state index in [1.807, 2.05) is 31.2 Å². The van der Waals surface area contributed by atoms with E-state index in [-0.39, 0.29) is 11.6 Å². The Morgan fingerprint density at radius 1 is 1.40 bits per heavy atom. The Bertz CT molecular complexity index is 513. The minimum Gasteiger partial charge on any atom is -0.409 e. The van der Waals surface area contributed by atoms with Gasteiger partial charge in [-0.15, -0.1) is 5.10 Å². The van der Waals surface area contributed by atoms with E-state index in [1.165, 1.54) is 10.2 Å². The highest BCUT2D eigenvalue weighted by Gasteiger charge is 2.06. The van der Waals surface area contributed by atoms with Gasteiger partial charge in [0.15, 0.2) is 0 Å². The van der Waals surface area contributed by atoms with Crippen LogP contribution in [0.3, 0.4) is 0 Å². The molecule has 0 amide bonds. The highest BCUT2D eigenvalue weighted by atomic mass is 32.1. The van der Waals surface area contributed by atoms with Crippen LogP contribution in [0.5, 0.6) is 0 Å². The van der Waals surface area contributed by atoms with Crippen molar-refractivity contribution in [3.63, 3.8) is 0 Å². The fraction of sp³-hybridized carbons (Fsp3) is 0.200. The van der Waals surface area contributed by atoms with Gasteiger partial charge in [0.2, 0.25) is 5.89 Å². The van der Waals surface area contributed by atoms with Gasteiger partial charge < -0.3 is 9.52 Å². The first-order valence-corrected chi connectivity index (χ1v) is 4.87. The van der Waals surface area contributed by atoms with E-state index >= 15 is 0 Å². The van der Waals surface area contributed by atoms with Crippen LogP contribution in [0.2, 0.25) is 0 Å². The monoisotopic (exact) mass is 222 g/mol. The molecule has 1 N–H and O–H groups in total. The first-order chi connectivity index (χ1) is 7.20. The zero-order valence-corrected chi connectivity index (χ0v) is 8.99. The zero-order chi connectivity index (χ0) is 10.8. The summed E-state index contributed by atoms with van der Waals surface area (Å²) in [6, 6.07) is 7.73. The van der Waals surface area contributed by atoms with Crippen molar-refractivity contribution in [2.45, 2.75) is 13.7 Å². The number of hydrogen-bond donors (Lipinski definition) is 1. The Hall–Kier alpha value is -1.46. The lowest BCUT2D eigenvalue weighted by Gasteiger charge is -1.94. The molecular weight excluding hydrogens is 212 g/mol. The van der Waals surface area contributed by atoms with Crippen LogP contribution in [0.4, 0.5) is 0 Å². The number of benzene rings is 1. The van der Waals surface area contributed by atoms with Gasteiger partial charge in [-0.1, -0.05) is 17.7 Å². The highest BCUT2D eigenvalue weighted by Crippen LogP contribution is 2.17. The number of nitrogens with zero attached hydrogens (tertiary/aromatic N) is 2. The van der Waals surface area contributed by atoms with Gasteiger partial charge in [-0.25, -0.2) is 0 Å². The fourth-order valence-electron chi connectivity index (χ4n) is 1.21. The van der Waals surface area contributed by atoms with Gasteiger partial charge in [-0.2, -0.15) is 4.68 Å². The van der Waals surface area contributed by atoms with Crippen LogP contribution in [0, 0.1) is 11.8 Å². The SMILES string of the molecule is Cc1ccc(-c2nn(CO)c(=S)o2)cc1. The summed E-state index contributed by atoms with van der Waals surface area (Å²) in [5, 5.41) is 12.9. The number of aromatic nitrogens is 2. The third-order valence-electron chi connectivity index (χ3n) is 2.04. The number of aliphatic hydroxyl groups is 1. The molecule has 0 aliphatic carbocycles. The van der Waals surface area contributed by atoms with E-state index in [2.05, 4.69) is 5.10 Å². The molecule has 0 saturated carbocycles. The molecule has 0 unspecified atom stereocenters. The van der Waals surface area contributed by atoms with Crippen LogP contribution in [-0.4, -0.2) is 14.9 Å². The zero-order valence-electron chi connectivity index (χ0n) is 8.17. The fourth-order valence-corrected chi connectivity index (χ4v) is 1.39. The molecule has 1 aromatic heterocycles. The Morgan fingerprint density at radius 3 is 2.60 bits per heavy atom. The average Bonchev–Trinajstić information content (AvgIpc) is 2.61. The summed E-state index contributed by atoms with van der Waals surface area (Å²) in [6.07, 6.45) is 0. The van der Waals surface area contributed by atoms with Crippen molar-refractivity contribution in [1.82, 2.24) is 9.78 Å². The summed E-state index contributed by atoms with van der Waals surface area (Å²) in [6.45, 7) is 1.74. The van der Waals surface area contributed by atoms with Gasteiger partial charge in [0, 0.05) is 5.56 Å². The second-order valence-electron chi connectivity index (χ2n) is 3.18. The largest absolute Gasteiger partial charge is 0.409 e. The van der Waals surface area contributed by atoms with E-state index in [0.29, 0.717) is 5.89 Å². The summed E-state index contributed by atoms with van der Waals surface area (Å²) in [5.74, 6) is 0.425. The smallest absolute Gasteiger partial charge is 0.289 e. The van der Waals surface area contributed by atoms with E-state index in [0.717, 1.165) is 5.56 Å². The van der Waals surface area contributed by atoms with E-state index < -0.39 is 0 Å². The predicted molar refractivity (Wildman–Crippen MR) is 57.7 cm³/mol. The second-order valence-corrected chi connectivity index (χ2v) is 3.53. The summed E-state index contributed by atoms with van der Waals surface area (Å²) >= 11 is 4.87. The van der Waals surface area contributed by atoms with Gasteiger partial charge in [-0.3, -0.25) is 0 Å². The van der Waals surface area contributed by atoms with Crippen molar-refractivity contribution in [1.29, 1.82) is 0 Å². The number of hydrogen-bond acceptors (Lipinski definition) is 4. The Labute approximate surface area is 91.8 Å². The first kappa shape index (κ1) is 10.1. The van der Waals surface area contributed by atoms with Crippen molar-refractivity contribution in [2.24, 2.45) is 0 Å². The van der Waals surface area contributed by atoms with Crippen LogP contribution < -0.4 is 0 Å². The third-order valence-corrected chi connectivity index (χ3v) is 2.33. The van der Waals surface area contributed by atoms with Crippen LogP contribution in [0.25, 0.3) is 11.5 Å². The summed E-state index contributed by atoms with van der Waals surface area (Å²) in [4.78, 5) is 0.174. The Morgan fingerprint density at radius 2 is 2.07 bits per heavy atom. The number of aryl methyl sites for hydroxylation is 1. The second kappa shape index (κ2) is 3.96. The van der Waals surface area contributed by atoms with E-state index in [4.69, 9.17) is 21.7 Å². The highest BCUT2D eigenvalue weighted by molar-refractivity contribution is 7.71. The standard InChI is InChI=1S/C10H10N2O2S/c1-7-2-4-8(5-3-7)9-11-12(6-13)10(15)14-9/h2-5,13H,6H2,1H3. The molecule has 78 valence electrons. The molecule has 0 aliphatic rings. The molecule has 0 radical (unpaired) electrons. The van der Waals surface area contributed by atoms with Crippen molar-refractivity contribution < 1.29 is 9.52 Å². The summed E-state index contributed by atoms with van der Waals surface area (Å²) in [5.41, 5.74) is 2.01. The molecule has 1 aromatic carbocycles. The van der Waals surface area contributed by atoms with Crippen LogP contribution >= 0.6 is 12.2 Å². The first-order valence-electron chi connectivity index (χ1n) is 4.46. The molecule has 0 aliphatic heterocycles. The van der Waals surface area contributed by atoms with Crippen LogP contribution in [0.1, 0.15) is 5.56 Å². The number of rotatable bonds is 2. The molecule has 0 spiro atoms. The average molecular weight is 222 g/mol. The Balaban J connectivity index is 2.45. The molecule has 5 heteroatoms. The molecule has 2 aromatic rings. The molecule has 0 saturated heterocycles. The van der Waals surface area contributed by atoms with Gasteiger partial charge in [-0.05, 0) is 31.3 Å². The lowest BCUT2D eigenvalue weighted by Crippen LogP contribution is -1.98. The minimum absolute atomic E-state index is 0.174. The molecule has 0 bridgehead atoms. The summed E-state index contributed by atoms with van der Waals surface area (Å²) in [7, 11) is 0. The van der Waals surface area contributed by atoms with Crippen LogP contribution in [0.15, 0.2) is 28.7 Å². The van der Waals surface area contributed by atoms with Crippen molar-refractivity contribution in [3.05, 3.63) is 34.7 Å². The van der Waals surface area contributed by atoms with Gasteiger partial charge in [0.1, 0.15) is 6.73 Å². The predicted octanol–water partition coefficient (Wildman–Crippen LogP) is 2.13. The molecule has 2 rings (SSSR count). The third kappa shape index (κ3) is 1.98. The molecule has 0 fully saturated rings. The topological polar surface area (TPSA) is 51.2 Å². The van der Waals surface area contributed by atoms with Crippen molar-refractivity contribution in [3.8, 4) is 11.5 Å². The molecule has 1 heterocycles. The molecular formula is C10H10N2O2S. The maximum absolute atomic E-state index is 8.90. The molecule has 15 heavy (non-hydrogen) atoms. The van der Waals surface area contributed by atoms with E-state index in [1.54, 1.807) is 0 Å². The summed E-state index contributed by atoms with van der Waals surface area (Å²) < 4.78 is 6.46. The maximum atomic E-state index is 8.90. The Kier molecular flexibility index (Phi) is 2.66. The lowest BCUT2D eigenvalue weighted by atomic mass is 10.1. The normalized spacial score (nSPS) is 10.5. The van der Waals surface area contributed by atoms with Gasteiger partial charge in [0.25, 0.3) is 4.84 Å². The maximum Gasteiger partial charge on any atom is 0.289 e. The van der Waals surface area contributed by atoms with Gasteiger partial charge >= 0.3 is 0 Å².